The number of benzene rings is 2. The van der Waals surface area contributed by atoms with Gasteiger partial charge in [-0.1, -0.05) is 31.2 Å². The molecule has 0 saturated carbocycles. The maximum absolute atomic E-state index is 12.8. The average Bonchev–Trinajstić information content (AvgIpc) is 2.47. The number of halogens is 1. The van der Waals surface area contributed by atoms with Crippen LogP contribution >= 0.6 is 0 Å². The third kappa shape index (κ3) is 3.55. The molecule has 1 atom stereocenters. The lowest BCUT2D eigenvalue weighted by Gasteiger charge is -2.18. The van der Waals surface area contributed by atoms with E-state index in [0.717, 1.165) is 12.0 Å². The van der Waals surface area contributed by atoms with Crippen LogP contribution < -0.4 is 10.5 Å². The van der Waals surface area contributed by atoms with Crippen LogP contribution in [0.1, 0.15) is 24.2 Å². The predicted molar refractivity (Wildman–Crippen MR) is 74.6 cm³/mol. The van der Waals surface area contributed by atoms with Crippen LogP contribution in [0.4, 0.5) is 4.39 Å². The molecule has 1 unspecified atom stereocenters. The fourth-order valence-electron chi connectivity index (χ4n) is 1.90. The third-order valence-corrected chi connectivity index (χ3v) is 3.07. The van der Waals surface area contributed by atoms with Crippen molar-refractivity contribution in [3.63, 3.8) is 0 Å². The number of hydrogen-bond donors (Lipinski definition) is 1. The normalized spacial score (nSPS) is 12.2. The van der Waals surface area contributed by atoms with E-state index in [2.05, 4.69) is 19.1 Å². The van der Waals surface area contributed by atoms with Crippen molar-refractivity contribution in [2.45, 2.75) is 19.4 Å². The molecule has 0 aliphatic rings. The summed E-state index contributed by atoms with van der Waals surface area (Å²) in [7, 11) is 0. The second kappa shape index (κ2) is 6.34. The monoisotopic (exact) mass is 259 g/mol. The van der Waals surface area contributed by atoms with Crippen LogP contribution in [0.2, 0.25) is 0 Å². The highest BCUT2D eigenvalue weighted by Crippen LogP contribution is 2.22. The molecule has 19 heavy (non-hydrogen) atoms. The molecule has 0 fully saturated rings. The van der Waals surface area contributed by atoms with E-state index >= 15 is 0 Å². The maximum atomic E-state index is 12.8. The average molecular weight is 259 g/mol. The summed E-state index contributed by atoms with van der Waals surface area (Å²) in [6.45, 7) is 2.49. The second-order valence-corrected chi connectivity index (χ2v) is 4.39. The molecule has 2 aromatic rings. The quantitative estimate of drug-likeness (QED) is 0.892. The molecule has 2 aromatic carbocycles. The number of ether oxygens (including phenoxy) is 1. The van der Waals surface area contributed by atoms with E-state index in [-0.39, 0.29) is 11.9 Å². The SMILES string of the molecule is CCc1ccc(C(CN)Oc2ccc(F)cc2)cc1. The van der Waals surface area contributed by atoms with Gasteiger partial charge in [0.15, 0.2) is 0 Å². The fraction of sp³-hybridized carbons (Fsp3) is 0.250. The molecular formula is C16H18FNO. The van der Waals surface area contributed by atoms with Crippen molar-refractivity contribution in [3.8, 4) is 5.75 Å². The maximum Gasteiger partial charge on any atom is 0.136 e. The summed E-state index contributed by atoms with van der Waals surface area (Å²) in [4.78, 5) is 0. The van der Waals surface area contributed by atoms with Crippen LogP contribution in [0, 0.1) is 5.82 Å². The summed E-state index contributed by atoms with van der Waals surface area (Å²) >= 11 is 0. The molecule has 2 N–H and O–H groups in total. The lowest BCUT2D eigenvalue weighted by Crippen LogP contribution is -2.18. The van der Waals surface area contributed by atoms with E-state index < -0.39 is 0 Å². The Bertz CT molecular complexity index is 507. The van der Waals surface area contributed by atoms with Gasteiger partial charge >= 0.3 is 0 Å². The van der Waals surface area contributed by atoms with Gasteiger partial charge in [-0.3, -0.25) is 0 Å². The highest BCUT2D eigenvalue weighted by Gasteiger charge is 2.11. The summed E-state index contributed by atoms with van der Waals surface area (Å²) < 4.78 is 18.6. The molecule has 3 heteroatoms. The van der Waals surface area contributed by atoms with Crippen molar-refractivity contribution in [2.75, 3.05) is 6.54 Å². The molecule has 0 heterocycles. The zero-order chi connectivity index (χ0) is 13.7. The molecule has 100 valence electrons. The first kappa shape index (κ1) is 13.6. The molecule has 0 aromatic heterocycles. The van der Waals surface area contributed by atoms with Crippen molar-refractivity contribution in [1.82, 2.24) is 0 Å². The minimum Gasteiger partial charge on any atom is -0.484 e. The van der Waals surface area contributed by atoms with Gasteiger partial charge in [0.25, 0.3) is 0 Å². The summed E-state index contributed by atoms with van der Waals surface area (Å²) in [5, 5.41) is 0. The van der Waals surface area contributed by atoms with Gasteiger partial charge in [0.2, 0.25) is 0 Å². The van der Waals surface area contributed by atoms with Gasteiger partial charge in [0.05, 0.1) is 0 Å². The van der Waals surface area contributed by atoms with Crippen molar-refractivity contribution < 1.29 is 9.13 Å². The van der Waals surface area contributed by atoms with E-state index in [4.69, 9.17) is 10.5 Å². The van der Waals surface area contributed by atoms with Gasteiger partial charge in [-0.25, -0.2) is 4.39 Å². The molecule has 2 rings (SSSR count). The van der Waals surface area contributed by atoms with Gasteiger partial charge in [-0.2, -0.15) is 0 Å². The van der Waals surface area contributed by atoms with Crippen molar-refractivity contribution in [2.24, 2.45) is 5.73 Å². The van der Waals surface area contributed by atoms with Crippen LogP contribution in [0.5, 0.6) is 5.75 Å². The lowest BCUT2D eigenvalue weighted by molar-refractivity contribution is 0.214. The number of rotatable bonds is 5. The number of aryl methyl sites for hydroxylation is 1. The largest absolute Gasteiger partial charge is 0.484 e. The van der Waals surface area contributed by atoms with E-state index in [1.54, 1.807) is 12.1 Å². The van der Waals surface area contributed by atoms with Crippen LogP contribution in [-0.4, -0.2) is 6.54 Å². The van der Waals surface area contributed by atoms with Gasteiger partial charge in [-0.05, 0) is 41.8 Å². The molecular weight excluding hydrogens is 241 g/mol. The number of hydrogen-bond acceptors (Lipinski definition) is 2. The zero-order valence-electron chi connectivity index (χ0n) is 11.0. The van der Waals surface area contributed by atoms with Gasteiger partial charge in [0, 0.05) is 6.54 Å². The lowest BCUT2D eigenvalue weighted by atomic mass is 10.1. The Labute approximate surface area is 113 Å². The first-order valence-electron chi connectivity index (χ1n) is 6.44. The van der Waals surface area contributed by atoms with Gasteiger partial charge < -0.3 is 10.5 Å². The Kier molecular flexibility index (Phi) is 4.53. The van der Waals surface area contributed by atoms with Crippen LogP contribution in [-0.2, 0) is 6.42 Å². The summed E-state index contributed by atoms with van der Waals surface area (Å²) in [6.07, 6.45) is 0.795. The standard InChI is InChI=1S/C16H18FNO/c1-2-12-3-5-13(6-4-12)16(11-18)19-15-9-7-14(17)8-10-15/h3-10,16H,2,11,18H2,1H3. The summed E-state index contributed by atoms with van der Waals surface area (Å²) in [6, 6.07) is 14.2. The summed E-state index contributed by atoms with van der Waals surface area (Å²) in [5.74, 6) is 0.348. The Morgan fingerprint density at radius 3 is 2.21 bits per heavy atom. The van der Waals surface area contributed by atoms with E-state index in [9.17, 15) is 4.39 Å². The van der Waals surface area contributed by atoms with Crippen molar-refractivity contribution in [3.05, 3.63) is 65.5 Å². The molecule has 0 aliphatic heterocycles. The molecule has 0 saturated heterocycles. The van der Waals surface area contributed by atoms with Crippen LogP contribution in [0.15, 0.2) is 48.5 Å². The molecule has 0 amide bonds. The fourth-order valence-corrected chi connectivity index (χ4v) is 1.90. The smallest absolute Gasteiger partial charge is 0.136 e. The third-order valence-electron chi connectivity index (χ3n) is 3.07. The van der Waals surface area contributed by atoms with E-state index in [0.29, 0.717) is 12.3 Å². The summed E-state index contributed by atoms with van der Waals surface area (Å²) in [5.41, 5.74) is 8.06. The Morgan fingerprint density at radius 1 is 1.05 bits per heavy atom. The molecule has 0 aliphatic carbocycles. The van der Waals surface area contributed by atoms with Crippen molar-refractivity contribution >= 4 is 0 Å². The second-order valence-electron chi connectivity index (χ2n) is 4.39. The zero-order valence-corrected chi connectivity index (χ0v) is 11.0. The highest BCUT2D eigenvalue weighted by molar-refractivity contribution is 5.27. The van der Waals surface area contributed by atoms with E-state index in [1.165, 1.54) is 17.7 Å². The minimum absolute atomic E-state index is 0.212. The molecule has 2 nitrogen and oxygen atoms in total. The first-order valence-corrected chi connectivity index (χ1v) is 6.44. The molecule has 0 radical (unpaired) electrons. The van der Waals surface area contributed by atoms with Gasteiger partial charge in [0.1, 0.15) is 17.7 Å². The van der Waals surface area contributed by atoms with E-state index in [1.807, 2.05) is 12.1 Å². The Morgan fingerprint density at radius 2 is 1.68 bits per heavy atom. The first-order chi connectivity index (χ1) is 9.22. The Balaban J connectivity index is 2.12. The topological polar surface area (TPSA) is 35.2 Å². The minimum atomic E-state index is -0.274. The Hall–Kier alpha value is -1.87. The highest BCUT2D eigenvalue weighted by atomic mass is 19.1. The predicted octanol–water partition coefficient (Wildman–Crippen LogP) is 3.47. The van der Waals surface area contributed by atoms with Crippen LogP contribution in [0.3, 0.4) is 0 Å². The number of nitrogens with two attached hydrogens (primary N) is 1. The van der Waals surface area contributed by atoms with Crippen LogP contribution in [0.25, 0.3) is 0 Å². The van der Waals surface area contributed by atoms with Gasteiger partial charge in [-0.15, -0.1) is 0 Å². The molecule has 0 spiro atoms. The van der Waals surface area contributed by atoms with Crippen molar-refractivity contribution in [1.29, 1.82) is 0 Å². The molecule has 0 bridgehead atoms.